The van der Waals surface area contributed by atoms with Crippen LogP contribution in [-0.2, 0) is 5.41 Å². The molecule has 61 heavy (non-hydrogen) atoms. The molecule has 0 N–H and O–H groups in total. The molecule has 0 saturated carbocycles. The number of para-hydroxylation sites is 1. The van der Waals surface area contributed by atoms with Gasteiger partial charge in [-0.3, -0.25) is 0 Å². The van der Waals surface area contributed by atoms with Crippen LogP contribution in [-0.4, -0.2) is 0 Å². The van der Waals surface area contributed by atoms with Crippen molar-refractivity contribution in [2.45, 2.75) is 49.4 Å². The van der Waals surface area contributed by atoms with Gasteiger partial charge in [-0.2, -0.15) is 0 Å². The Kier molecular flexibility index (Phi) is 8.66. The van der Waals surface area contributed by atoms with E-state index < -0.39 is 0 Å². The zero-order valence-corrected chi connectivity index (χ0v) is 34.3. The monoisotopic (exact) mass is 785 g/mol. The zero-order valence-electron chi connectivity index (χ0n) is 34.3. The van der Waals surface area contributed by atoms with Gasteiger partial charge in [-0.15, -0.1) is 0 Å². The Morgan fingerprint density at radius 2 is 1.46 bits per heavy atom. The molecule has 0 spiro atoms. The smallest absolute Gasteiger partial charge is 0.137 e. The highest BCUT2D eigenvalue weighted by molar-refractivity contribution is 6.05. The lowest BCUT2D eigenvalue weighted by Gasteiger charge is -2.49. The van der Waals surface area contributed by atoms with Gasteiger partial charge in [-0.1, -0.05) is 170 Å². The van der Waals surface area contributed by atoms with Gasteiger partial charge in [0.15, 0.2) is 0 Å². The largest absolute Gasteiger partial charge is 0.456 e. The lowest BCUT2D eigenvalue weighted by Crippen LogP contribution is -2.43. The third-order valence-electron chi connectivity index (χ3n) is 14.2. The zero-order chi connectivity index (χ0) is 40.3. The molecule has 0 amide bonds. The van der Waals surface area contributed by atoms with Crippen LogP contribution in [0.4, 0.5) is 5.69 Å². The number of nitrogens with zero attached hydrogens (tertiary/aromatic N) is 1. The summed E-state index contributed by atoms with van der Waals surface area (Å²) in [5.74, 6) is 0.928. The number of hydrogen-bond donors (Lipinski definition) is 0. The van der Waals surface area contributed by atoms with Crippen molar-refractivity contribution in [2.24, 2.45) is 5.92 Å². The summed E-state index contributed by atoms with van der Waals surface area (Å²) in [7, 11) is 0. The number of furan rings is 1. The van der Waals surface area contributed by atoms with E-state index in [2.05, 4.69) is 205 Å². The Balaban J connectivity index is 0.939. The van der Waals surface area contributed by atoms with Crippen molar-refractivity contribution in [3.8, 4) is 0 Å². The summed E-state index contributed by atoms with van der Waals surface area (Å²) < 4.78 is 6.44. The van der Waals surface area contributed by atoms with Crippen LogP contribution in [0.3, 0.4) is 0 Å². The predicted molar refractivity (Wildman–Crippen MR) is 254 cm³/mol. The Morgan fingerprint density at radius 1 is 0.607 bits per heavy atom. The standard InChI is InChI=1S/C59H47NO/c1-3-14-40(15-4-1)41-28-32-47(33-29-41)60(49-36-37-52-51-23-8-10-27-56(51)61-57(52)39-49)48-34-30-42(31-35-48)44-18-11-21-46(38-44)59(45-19-5-2-6-20-45)54-25-9-7-22-50(54)53-24-12-16-43-17-13-26-55(59)58(43)53/h1-19,21-23,25-28,30,32,34-39,42,45,53H,20,24,29,31,33H2. The van der Waals surface area contributed by atoms with Crippen LogP contribution in [0.2, 0.25) is 0 Å². The second-order valence-corrected chi connectivity index (χ2v) is 17.3. The quantitative estimate of drug-likeness (QED) is 0.160. The fourth-order valence-electron chi connectivity index (χ4n) is 11.4. The van der Waals surface area contributed by atoms with Gasteiger partial charge in [0, 0.05) is 45.8 Å². The third kappa shape index (κ3) is 5.84. The van der Waals surface area contributed by atoms with Crippen molar-refractivity contribution in [2.75, 3.05) is 4.90 Å². The van der Waals surface area contributed by atoms with Gasteiger partial charge in [0.05, 0.1) is 5.41 Å². The van der Waals surface area contributed by atoms with E-state index in [1.54, 1.807) is 0 Å². The lowest BCUT2D eigenvalue weighted by atomic mass is 9.53. The topological polar surface area (TPSA) is 16.4 Å². The van der Waals surface area contributed by atoms with E-state index >= 15 is 0 Å². The van der Waals surface area contributed by atoms with Gasteiger partial charge in [0.2, 0.25) is 0 Å². The highest BCUT2D eigenvalue weighted by Gasteiger charge is 2.50. The lowest BCUT2D eigenvalue weighted by molar-refractivity contribution is 0.427. The summed E-state index contributed by atoms with van der Waals surface area (Å²) in [5, 5.41) is 2.31. The van der Waals surface area contributed by atoms with E-state index in [4.69, 9.17) is 4.42 Å². The molecule has 294 valence electrons. The van der Waals surface area contributed by atoms with E-state index in [-0.39, 0.29) is 11.3 Å². The highest BCUT2D eigenvalue weighted by atomic mass is 16.3. The summed E-state index contributed by atoms with van der Waals surface area (Å²) in [6, 6.07) is 52.0. The second-order valence-electron chi connectivity index (χ2n) is 17.3. The number of hydrogen-bond acceptors (Lipinski definition) is 2. The summed E-state index contributed by atoms with van der Waals surface area (Å²) in [5.41, 5.74) is 17.9. The Labute approximate surface area is 358 Å². The maximum absolute atomic E-state index is 6.44. The number of rotatable bonds is 7. The first kappa shape index (κ1) is 36.0. The van der Waals surface area contributed by atoms with Gasteiger partial charge in [-0.05, 0) is 118 Å². The number of fused-ring (bicyclic) bond motifs is 5. The molecule has 2 heteroatoms. The van der Waals surface area contributed by atoms with E-state index in [1.165, 1.54) is 61.5 Å². The second kappa shape index (κ2) is 14.7. The molecule has 0 saturated heterocycles. The summed E-state index contributed by atoms with van der Waals surface area (Å²) >= 11 is 0. The minimum Gasteiger partial charge on any atom is -0.456 e. The predicted octanol–water partition coefficient (Wildman–Crippen LogP) is 15.1. The van der Waals surface area contributed by atoms with Gasteiger partial charge in [-0.25, -0.2) is 0 Å². The molecule has 4 unspecified atom stereocenters. The Bertz CT molecular complexity index is 3090. The first-order valence-electron chi connectivity index (χ1n) is 22.1. The molecule has 12 rings (SSSR count). The maximum Gasteiger partial charge on any atom is 0.137 e. The van der Waals surface area contributed by atoms with Gasteiger partial charge < -0.3 is 9.32 Å². The van der Waals surface area contributed by atoms with E-state index in [0.717, 1.165) is 59.7 Å². The molecule has 4 atom stereocenters. The molecular weight excluding hydrogens is 739 g/mol. The van der Waals surface area contributed by atoms with Crippen LogP contribution in [0.15, 0.2) is 216 Å². The van der Waals surface area contributed by atoms with Crippen LogP contribution < -0.4 is 4.90 Å². The molecule has 7 aromatic rings. The van der Waals surface area contributed by atoms with Crippen molar-refractivity contribution in [1.29, 1.82) is 0 Å². The van der Waals surface area contributed by atoms with Crippen LogP contribution in [0.5, 0.6) is 0 Å². The first-order valence-corrected chi connectivity index (χ1v) is 22.1. The number of anilines is 1. The van der Waals surface area contributed by atoms with Crippen LogP contribution in [0.1, 0.15) is 88.4 Å². The molecule has 0 fully saturated rings. The maximum atomic E-state index is 6.44. The van der Waals surface area contributed by atoms with Crippen molar-refractivity contribution in [1.82, 2.24) is 0 Å². The third-order valence-corrected chi connectivity index (χ3v) is 14.2. The van der Waals surface area contributed by atoms with Crippen molar-refractivity contribution in [3.05, 3.63) is 256 Å². The summed E-state index contributed by atoms with van der Waals surface area (Å²) in [4.78, 5) is 2.47. The molecule has 1 aromatic heterocycles. The molecule has 0 bridgehead atoms. The molecular formula is C59H47NO. The normalized spacial score (nSPS) is 22.4. The van der Waals surface area contributed by atoms with Crippen LogP contribution in [0, 0.1) is 5.92 Å². The molecule has 5 aliphatic carbocycles. The fourth-order valence-corrected chi connectivity index (χ4v) is 11.4. The molecule has 0 radical (unpaired) electrons. The van der Waals surface area contributed by atoms with Gasteiger partial charge in [0.1, 0.15) is 11.2 Å². The van der Waals surface area contributed by atoms with Crippen molar-refractivity contribution < 1.29 is 4.42 Å². The average molecular weight is 786 g/mol. The summed E-state index contributed by atoms with van der Waals surface area (Å²) in [6.45, 7) is 0. The van der Waals surface area contributed by atoms with Crippen molar-refractivity contribution in [3.63, 3.8) is 0 Å². The summed E-state index contributed by atoms with van der Waals surface area (Å²) in [6.07, 6.45) is 30.9. The first-order chi connectivity index (χ1) is 30.2. The van der Waals surface area contributed by atoms with E-state index in [9.17, 15) is 0 Å². The molecule has 5 aliphatic rings. The average Bonchev–Trinajstić information content (AvgIpc) is 3.71. The number of benzene rings is 6. The Hall–Kier alpha value is -6.90. The molecule has 6 aromatic carbocycles. The molecule has 1 heterocycles. The van der Waals surface area contributed by atoms with Crippen molar-refractivity contribution >= 4 is 39.3 Å². The van der Waals surface area contributed by atoms with Crippen LogP contribution in [0.25, 0.3) is 33.6 Å². The SMILES string of the molecule is C1=CCC(C2(c3cccc(C4C=CC(N(C5=CC=C(c6ccccc6)CC5)c5ccc6c(c5)oc5ccccc56)=CC4)c3)c3ccccc3C3CC=Cc4cccc2c43)C=C1. The van der Waals surface area contributed by atoms with Crippen LogP contribution >= 0.6 is 0 Å². The Morgan fingerprint density at radius 3 is 2.33 bits per heavy atom. The number of allylic oxidation sites excluding steroid dienone is 12. The van der Waals surface area contributed by atoms with Gasteiger partial charge >= 0.3 is 0 Å². The molecule has 2 nitrogen and oxygen atoms in total. The minimum atomic E-state index is -0.314. The fraction of sp³-hybridized carbons (Fsp3) is 0.153. The minimum absolute atomic E-state index is 0.256. The van der Waals surface area contributed by atoms with E-state index in [0.29, 0.717) is 11.8 Å². The van der Waals surface area contributed by atoms with Gasteiger partial charge in [0.25, 0.3) is 0 Å². The molecule has 0 aliphatic heterocycles. The van der Waals surface area contributed by atoms with E-state index in [1.807, 2.05) is 6.07 Å². The highest BCUT2D eigenvalue weighted by Crippen LogP contribution is 2.58.